The Morgan fingerprint density at radius 1 is 1.32 bits per heavy atom. The lowest BCUT2D eigenvalue weighted by molar-refractivity contribution is -0.145. The van der Waals surface area contributed by atoms with Gasteiger partial charge in [-0.2, -0.15) is 0 Å². The molecule has 2 heterocycles. The molecule has 1 aliphatic rings. The van der Waals surface area contributed by atoms with Crippen LogP contribution in [0.15, 0.2) is 39.7 Å². The first kappa shape index (κ1) is 17.0. The number of nitrogens with one attached hydrogen (secondary N) is 2. The highest BCUT2D eigenvalue weighted by atomic mass is 16.4. The molecule has 0 spiro atoms. The van der Waals surface area contributed by atoms with Gasteiger partial charge >= 0.3 is 5.97 Å². The molecule has 1 fully saturated rings. The van der Waals surface area contributed by atoms with E-state index in [4.69, 9.17) is 4.42 Å². The Hall–Kier alpha value is -2.83. The predicted molar refractivity (Wildman–Crippen MR) is 90.2 cm³/mol. The number of rotatable bonds is 4. The molecule has 2 unspecified atom stereocenters. The molecular weight excluding hydrogens is 324 g/mol. The number of aromatic amines is 1. The van der Waals surface area contributed by atoms with Crippen molar-refractivity contribution < 1.29 is 19.1 Å². The molecule has 3 N–H and O–H groups in total. The van der Waals surface area contributed by atoms with Gasteiger partial charge in [0.1, 0.15) is 11.3 Å². The van der Waals surface area contributed by atoms with E-state index in [2.05, 4.69) is 10.3 Å². The highest BCUT2D eigenvalue weighted by molar-refractivity contribution is 5.95. The zero-order chi connectivity index (χ0) is 18.0. The zero-order valence-electron chi connectivity index (χ0n) is 13.9. The van der Waals surface area contributed by atoms with Crippen molar-refractivity contribution in [3.05, 3.63) is 46.4 Å². The molecule has 132 valence electrons. The normalized spacial score (nSPS) is 23.2. The molecule has 0 aliphatic heterocycles. The molecule has 0 radical (unpaired) electrons. The number of carboxylic acid groups (broad SMARTS) is 1. The quantitative estimate of drug-likeness (QED) is 0.788. The van der Waals surface area contributed by atoms with Crippen LogP contribution in [0.2, 0.25) is 0 Å². The molecule has 3 rings (SSSR count). The van der Waals surface area contributed by atoms with Crippen LogP contribution in [0.4, 0.5) is 0 Å². The second-order valence-electron chi connectivity index (χ2n) is 6.60. The molecule has 0 bridgehead atoms. The largest absolute Gasteiger partial charge is 0.481 e. The van der Waals surface area contributed by atoms with Crippen molar-refractivity contribution in [1.29, 1.82) is 0 Å². The summed E-state index contributed by atoms with van der Waals surface area (Å²) in [4.78, 5) is 38.9. The average molecular weight is 344 g/mol. The molecular formula is C18H20N2O5. The summed E-state index contributed by atoms with van der Waals surface area (Å²) >= 11 is 0. The first-order valence-corrected chi connectivity index (χ1v) is 8.23. The maximum Gasteiger partial charge on any atom is 0.308 e. The fourth-order valence-corrected chi connectivity index (χ4v) is 3.43. The fourth-order valence-electron chi connectivity index (χ4n) is 3.43. The van der Waals surface area contributed by atoms with Gasteiger partial charge in [0, 0.05) is 0 Å². The van der Waals surface area contributed by atoms with Crippen LogP contribution < -0.4 is 10.9 Å². The fraction of sp³-hybridized carbons (Fsp3) is 0.389. The maximum atomic E-state index is 12.6. The summed E-state index contributed by atoms with van der Waals surface area (Å²) in [5, 5.41) is 12.2. The van der Waals surface area contributed by atoms with E-state index >= 15 is 0 Å². The second kappa shape index (κ2) is 6.58. The van der Waals surface area contributed by atoms with E-state index < -0.39 is 28.9 Å². The van der Waals surface area contributed by atoms with E-state index in [1.54, 1.807) is 25.1 Å². The highest BCUT2D eigenvalue weighted by Crippen LogP contribution is 2.34. The molecule has 25 heavy (non-hydrogen) atoms. The summed E-state index contributed by atoms with van der Waals surface area (Å²) in [5.74, 6) is -1.66. The summed E-state index contributed by atoms with van der Waals surface area (Å²) in [7, 11) is 0. The number of carbonyl (C=O) groups is 2. The van der Waals surface area contributed by atoms with Gasteiger partial charge in [-0.25, -0.2) is 0 Å². The van der Waals surface area contributed by atoms with E-state index in [0.29, 0.717) is 24.3 Å². The Kier molecular flexibility index (Phi) is 4.48. The van der Waals surface area contributed by atoms with Gasteiger partial charge in [0.25, 0.3) is 11.5 Å². The van der Waals surface area contributed by atoms with Crippen LogP contribution >= 0.6 is 0 Å². The van der Waals surface area contributed by atoms with Gasteiger partial charge in [-0.15, -0.1) is 0 Å². The number of hydrogen-bond donors (Lipinski definition) is 3. The highest BCUT2D eigenvalue weighted by Gasteiger charge is 2.42. The molecule has 2 aromatic rings. The topological polar surface area (TPSA) is 112 Å². The van der Waals surface area contributed by atoms with E-state index in [1.807, 2.05) is 0 Å². The molecule has 1 saturated carbocycles. The summed E-state index contributed by atoms with van der Waals surface area (Å²) in [6.07, 6.45) is 4.23. The third kappa shape index (κ3) is 3.35. The third-order valence-corrected chi connectivity index (χ3v) is 4.85. The Labute approximate surface area is 144 Å². The van der Waals surface area contributed by atoms with Gasteiger partial charge < -0.3 is 19.8 Å². The smallest absolute Gasteiger partial charge is 0.308 e. The summed E-state index contributed by atoms with van der Waals surface area (Å²) in [6.45, 7) is 1.73. The zero-order valence-corrected chi connectivity index (χ0v) is 13.9. The molecule has 1 aliphatic carbocycles. The summed E-state index contributed by atoms with van der Waals surface area (Å²) in [6, 6.07) is 6.41. The number of H-pyrrole nitrogens is 1. The van der Waals surface area contributed by atoms with Crippen molar-refractivity contribution in [3.8, 4) is 11.5 Å². The number of carboxylic acids is 1. The SMILES string of the molecule is CC1(NC(=O)c2ccc(-c3ccco3)[nH]c2=O)CCCCC1C(=O)O. The number of pyridine rings is 1. The Balaban J connectivity index is 1.83. The van der Waals surface area contributed by atoms with Crippen molar-refractivity contribution in [2.45, 2.75) is 38.1 Å². The van der Waals surface area contributed by atoms with Gasteiger partial charge in [0.2, 0.25) is 0 Å². The molecule has 2 aromatic heterocycles. The standard InChI is InChI=1S/C18H20N2O5/c1-18(9-3-2-5-12(18)17(23)24)20-16(22)11-7-8-13(19-15(11)21)14-6-4-10-25-14/h4,6-8,10,12H,2-3,5,9H2,1H3,(H,19,21)(H,20,22)(H,23,24). The number of amides is 1. The first-order chi connectivity index (χ1) is 11.9. The minimum Gasteiger partial charge on any atom is -0.481 e. The summed E-state index contributed by atoms with van der Waals surface area (Å²) < 4.78 is 5.22. The van der Waals surface area contributed by atoms with Crippen molar-refractivity contribution in [3.63, 3.8) is 0 Å². The average Bonchev–Trinajstić information content (AvgIpc) is 3.08. The van der Waals surface area contributed by atoms with Crippen LogP contribution in [0.3, 0.4) is 0 Å². The number of carbonyl (C=O) groups excluding carboxylic acids is 1. The lowest BCUT2D eigenvalue weighted by atomic mass is 9.74. The number of hydrogen-bond acceptors (Lipinski definition) is 4. The predicted octanol–water partition coefficient (Wildman–Crippen LogP) is 2.40. The van der Waals surface area contributed by atoms with Gasteiger partial charge in [0.15, 0.2) is 0 Å². The Morgan fingerprint density at radius 2 is 2.12 bits per heavy atom. The van der Waals surface area contributed by atoms with Crippen molar-refractivity contribution in [1.82, 2.24) is 10.3 Å². The van der Waals surface area contributed by atoms with Crippen LogP contribution in [0.25, 0.3) is 11.5 Å². The first-order valence-electron chi connectivity index (χ1n) is 8.23. The minimum absolute atomic E-state index is 0.0498. The van der Waals surface area contributed by atoms with Crippen LogP contribution in [0.5, 0.6) is 0 Å². The number of aromatic nitrogens is 1. The summed E-state index contributed by atoms with van der Waals surface area (Å²) in [5.41, 5.74) is -0.990. The third-order valence-electron chi connectivity index (χ3n) is 4.85. The monoisotopic (exact) mass is 344 g/mol. The maximum absolute atomic E-state index is 12.6. The second-order valence-corrected chi connectivity index (χ2v) is 6.60. The molecule has 1 amide bonds. The van der Waals surface area contributed by atoms with Crippen LogP contribution in [0, 0.1) is 5.92 Å². The van der Waals surface area contributed by atoms with Crippen molar-refractivity contribution >= 4 is 11.9 Å². The number of aliphatic carboxylic acids is 1. The number of furan rings is 1. The van der Waals surface area contributed by atoms with E-state index in [9.17, 15) is 19.5 Å². The van der Waals surface area contributed by atoms with Gasteiger partial charge in [-0.3, -0.25) is 14.4 Å². The molecule has 0 aromatic carbocycles. The van der Waals surface area contributed by atoms with E-state index in [1.165, 1.54) is 12.3 Å². The van der Waals surface area contributed by atoms with Crippen LogP contribution in [0.1, 0.15) is 43.0 Å². The molecule has 7 heteroatoms. The van der Waals surface area contributed by atoms with E-state index in [-0.39, 0.29) is 5.56 Å². The molecule has 7 nitrogen and oxygen atoms in total. The lowest BCUT2D eigenvalue weighted by Gasteiger charge is -2.39. The van der Waals surface area contributed by atoms with Crippen molar-refractivity contribution in [2.75, 3.05) is 0 Å². The van der Waals surface area contributed by atoms with Crippen molar-refractivity contribution in [2.24, 2.45) is 5.92 Å². The van der Waals surface area contributed by atoms with Gasteiger partial charge in [0.05, 0.1) is 23.4 Å². The minimum atomic E-state index is -0.926. The Morgan fingerprint density at radius 3 is 2.76 bits per heavy atom. The lowest BCUT2D eigenvalue weighted by Crippen LogP contribution is -2.56. The van der Waals surface area contributed by atoms with Crippen LogP contribution in [-0.2, 0) is 4.79 Å². The van der Waals surface area contributed by atoms with E-state index in [0.717, 1.165) is 12.8 Å². The van der Waals surface area contributed by atoms with Crippen LogP contribution in [-0.4, -0.2) is 27.5 Å². The Bertz CT molecular complexity index is 839. The van der Waals surface area contributed by atoms with Gasteiger partial charge in [-0.1, -0.05) is 12.8 Å². The molecule has 2 atom stereocenters. The molecule has 0 saturated heterocycles. The van der Waals surface area contributed by atoms with Gasteiger partial charge in [-0.05, 0) is 44.0 Å².